The minimum absolute atomic E-state index is 0.0127. The SMILES string of the molecule is Cc1ncc(-c2ccc([C@H](C(=O)Nc3cccc(C[C@H](C)C(=O)O)c3C)C3CCCC3)cc2)cc1Cl. The fourth-order valence-electron chi connectivity index (χ4n) is 5.14. The number of aryl methyl sites for hydroxylation is 1. The van der Waals surface area contributed by atoms with Crippen molar-refractivity contribution in [3.63, 3.8) is 0 Å². The number of pyridine rings is 1. The van der Waals surface area contributed by atoms with Crippen molar-refractivity contribution in [1.82, 2.24) is 4.98 Å². The molecule has 2 N–H and O–H groups in total. The van der Waals surface area contributed by atoms with Crippen LogP contribution in [0.3, 0.4) is 0 Å². The van der Waals surface area contributed by atoms with Crippen molar-refractivity contribution in [2.24, 2.45) is 11.8 Å². The fourth-order valence-corrected chi connectivity index (χ4v) is 5.31. The zero-order chi connectivity index (χ0) is 25.8. The normalized spacial score (nSPS) is 15.4. The fraction of sp³-hybridized carbons (Fsp3) is 0.367. The number of nitrogens with zero attached hydrogens (tertiary/aromatic N) is 1. The van der Waals surface area contributed by atoms with E-state index in [4.69, 9.17) is 11.6 Å². The number of aromatic nitrogens is 1. The Hall–Kier alpha value is -3.18. The molecule has 0 bridgehead atoms. The van der Waals surface area contributed by atoms with E-state index in [0.717, 1.165) is 64.9 Å². The molecule has 1 aliphatic carbocycles. The maximum absolute atomic E-state index is 13.7. The summed E-state index contributed by atoms with van der Waals surface area (Å²) >= 11 is 6.27. The third-order valence-electron chi connectivity index (χ3n) is 7.43. The van der Waals surface area contributed by atoms with Gasteiger partial charge in [-0.25, -0.2) is 0 Å². The van der Waals surface area contributed by atoms with Gasteiger partial charge >= 0.3 is 5.97 Å². The van der Waals surface area contributed by atoms with E-state index in [0.29, 0.717) is 17.4 Å². The summed E-state index contributed by atoms with van der Waals surface area (Å²) in [7, 11) is 0. The summed E-state index contributed by atoms with van der Waals surface area (Å²) in [5.41, 5.74) is 6.36. The maximum atomic E-state index is 13.7. The van der Waals surface area contributed by atoms with Crippen LogP contribution in [0.25, 0.3) is 11.1 Å². The average molecular weight is 505 g/mol. The molecule has 1 heterocycles. The van der Waals surface area contributed by atoms with Gasteiger partial charge in [-0.3, -0.25) is 14.6 Å². The molecule has 188 valence electrons. The Balaban J connectivity index is 1.59. The van der Waals surface area contributed by atoms with Gasteiger partial charge in [0.1, 0.15) is 0 Å². The van der Waals surface area contributed by atoms with Crippen LogP contribution in [-0.2, 0) is 16.0 Å². The number of carbonyl (C=O) groups excluding carboxylic acids is 1. The van der Waals surface area contributed by atoms with Gasteiger partial charge in [-0.05, 0) is 73.4 Å². The average Bonchev–Trinajstić information content (AvgIpc) is 3.38. The van der Waals surface area contributed by atoms with Crippen LogP contribution in [0, 0.1) is 25.7 Å². The lowest BCUT2D eigenvalue weighted by Crippen LogP contribution is -2.27. The minimum atomic E-state index is -0.822. The van der Waals surface area contributed by atoms with Crippen molar-refractivity contribution in [2.75, 3.05) is 5.32 Å². The van der Waals surface area contributed by atoms with E-state index in [9.17, 15) is 14.7 Å². The summed E-state index contributed by atoms with van der Waals surface area (Å²) in [5, 5.41) is 13.1. The van der Waals surface area contributed by atoms with Gasteiger partial charge in [0.05, 0.1) is 22.6 Å². The second-order valence-electron chi connectivity index (χ2n) is 9.96. The van der Waals surface area contributed by atoms with Crippen LogP contribution in [0.4, 0.5) is 5.69 Å². The lowest BCUT2D eigenvalue weighted by molar-refractivity contribution is -0.141. The molecule has 0 aliphatic heterocycles. The van der Waals surface area contributed by atoms with Gasteiger partial charge in [0.15, 0.2) is 0 Å². The Labute approximate surface area is 217 Å². The van der Waals surface area contributed by atoms with Crippen molar-refractivity contribution in [3.05, 3.63) is 82.1 Å². The Bertz CT molecular complexity index is 1250. The molecule has 1 amide bonds. The third-order valence-corrected chi connectivity index (χ3v) is 7.82. The van der Waals surface area contributed by atoms with Gasteiger partial charge in [-0.1, -0.05) is 67.8 Å². The van der Waals surface area contributed by atoms with Crippen molar-refractivity contribution in [2.45, 2.75) is 58.8 Å². The van der Waals surface area contributed by atoms with Crippen molar-refractivity contribution in [3.8, 4) is 11.1 Å². The second kappa shape index (κ2) is 11.3. The van der Waals surface area contributed by atoms with Crippen LogP contribution in [0.15, 0.2) is 54.7 Å². The van der Waals surface area contributed by atoms with Gasteiger partial charge in [0.2, 0.25) is 5.91 Å². The quantitative estimate of drug-likeness (QED) is 0.340. The highest BCUT2D eigenvalue weighted by molar-refractivity contribution is 6.31. The van der Waals surface area contributed by atoms with Gasteiger partial charge < -0.3 is 10.4 Å². The molecular weight excluding hydrogens is 472 g/mol. The number of aliphatic carboxylic acids is 1. The molecule has 36 heavy (non-hydrogen) atoms. The number of halogens is 1. The number of hydrogen-bond donors (Lipinski definition) is 2. The Morgan fingerprint density at radius 2 is 1.78 bits per heavy atom. The van der Waals surface area contributed by atoms with Gasteiger partial charge in [0.25, 0.3) is 0 Å². The van der Waals surface area contributed by atoms with Crippen LogP contribution < -0.4 is 5.32 Å². The van der Waals surface area contributed by atoms with Crippen LogP contribution >= 0.6 is 11.6 Å². The van der Waals surface area contributed by atoms with E-state index < -0.39 is 11.9 Å². The second-order valence-corrected chi connectivity index (χ2v) is 10.4. The van der Waals surface area contributed by atoms with Crippen molar-refractivity contribution in [1.29, 1.82) is 0 Å². The van der Waals surface area contributed by atoms with E-state index >= 15 is 0 Å². The summed E-state index contributed by atoms with van der Waals surface area (Å²) in [6.07, 6.45) is 6.59. The molecule has 2 atom stereocenters. The third kappa shape index (κ3) is 5.79. The molecule has 0 spiro atoms. The number of carboxylic acids is 1. The molecule has 5 nitrogen and oxygen atoms in total. The van der Waals surface area contributed by atoms with E-state index in [-0.39, 0.29) is 11.8 Å². The van der Waals surface area contributed by atoms with Crippen molar-refractivity contribution >= 4 is 29.2 Å². The van der Waals surface area contributed by atoms with Crippen LogP contribution in [0.2, 0.25) is 5.02 Å². The first-order valence-electron chi connectivity index (χ1n) is 12.6. The molecular formula is C30H33ClN2O3. The summed E-state index contributed by atoms with van der Waals surface area (Å²) in [6, 6.07) is 15.8. The topological polar surface area (TPSA) is 79.3 Å². The lowest BCUT2D eigenvalue weighted by atomic mass is 9.83. The predicted molar refractivity (Wildman–Crippen MR) is 144 cm³/mol. The van der Waals surface area contributed by atoms with E-state index in [1.165, 1.54) is 0 Å². The smallest absolute Gasteiger partial charge is 0.306 e. The van der Waals surface area contributed by atoms with Crippen LogP contribution in [0.1, 0.15) is 60.9 Å². The number of rotatable bonds is 8. The molecule has 3 aromatic rings. The number of nitrogens with one attached hydrogen (secondary N) is 1. The molecule has 4 rings (SSSR count). The molecule has 0 radical (unpaired) electrons. The highest BCUT2D eigenvalue weighted by Gasteiger charge is 2.32. The van der Waals surface area contributed by atoms with Gasteiger partial charge in [-0.15, -0.1) is 0 Å². The number of anilines is 1. The first kappa shape index (κ1) is 25.9. The number of carboxylic acid groups (broad SMARTS) is 1. The number of carbonyl (C=O) groups is 2. The molecule has 0 unspecified atom stereocenters. The zero-order valence-electron chi connectivity index (χ0n) is 21.1. The highest BCUT2D eigenvalue weighted by Crippen LogP contribution is 2.39. The summed E-state index contributed by atoms with van der Waals surface area (Å²) in [6.45, 7) is 5.53. The highest BCUT2D eigenvalue weighted by atomic mass is 35.5. The summed E-state index contributed by atoms with van der Waals surface area (Å²) < 4.78 is 0. The Morgan fingerprint density at radius 3 is 2.42 bits per heavy atom. The number of benzene rings is 2. The van der Waals surface area contributed by atoms with Crippen LogP contribution in [0.5, 0.6) is 0 Å². The van der Waals surface area contributed by atoms with E-state index in [1.807, 2.05) is 68.6 Å². The first-order chi connectivity index (χ1) is 17.2. The van der Waals surface area contributed by atoms with Gasteiger partial charge in [0, 0.05) is 17.4 Å². The first-order valence-corrected chi connectivity index (χ1v) is 13.0. The molecule has 0 saturated heterocycles. The number of amides is 1. The minimum Gasteiger partial charge on any atom is -0.481 e. The monoisotopic (exact) mass is 504 g/mol. The van der Waals surface area contributed by atoms with Crippen molar-refractivity contribution < 1.29 is 14.7 Å². The molecule has 6 heteroatoms. The number of hydrogen-bond acceptors (Lipinski definition) is 3. The standard InChI is InChI=1S/C30H33ClN2O3/c1-18(30(35)36)15-24-9-6-10-27(19(24)2)33-29(34)28(22-7-4-5-8-22)23-13-11-21(12-14-23)25-16-26(31)20(3)32-17-25/h6,9-14,16-18,22,28H,4-5,7-8,15H2,1-3H3,(H,33,34)(H,35,36)/t18-,28+/m0/s1. The summed E-state index contributed by atoms with van der Waals surface area (Å²) in [4.78, 5) is 29.4. The van der Waals surface area contributed by atoms with Gasteiger partial charge in [-0.2, -0.15) is 0 Å². The molecule has 1 aromatic heterocycles. The predicted octanol–water partition coefficient (Wildman–Crippen LogP) is 7.19. The zero-order valence-corrected chi connectivity index (χ0v) is 21.8. The maximum Gasteiger partial charge on any atom is 0.306 e. The Kier molecular flexibility index (Phi) is 8.10. The Morgan fingerprint density at radius 1 is 1.08 bits per heavy atom. The molecule has 2 aromatic carbocycles. The lowest BCUT2D eigenvalue weighted by Gasteiger charge is -2.24. The molecule has 1 saturated carbocycles. The van der Waals surface area contributed by atoms with E-state index in [1.54, 1.807) is 6.92 Å². The van der Waals surface area contributed by atoms with Crippen LogP contribution in [-0.4, -0.2) is 22.0 Å². The van der Waals surface area contributed by atoms with E-state index in [2.05, 4.69) is 10.3 Å². The molecule has 1 fully saturated rings. The largest absolute Gasteiger partial charge is 0.481 e. The molecule has 1 aliphatic rings. The summed E-state index contributed by atoms with van der Waals surface area (Å²) in [5.74, 6) is -1.28.